The highest BCUT2D eigenvalue weighted by Gasteiger charge is 2.23. The molecule has 0 aliphatic rings. The summed E-state index contributed by atoms with van der Waals surface area (Å²) in [5.41, 5.74) is 9.72. The van der Waals surface area contributed by atoms with Crippen LogP contribution >= 0.6 is 0 Å². The first-order valence-electron chi connectivity index (χ1n) is 10.8. The second kappa shape index (κ2) is 8.90. The van der Waals surface area contributed by atoms with Gasteiger partial charge in [0.05, 0.1) is 29.1 Å². The van der Waals surface area contributed by atoms with E-state index >= 15 is 0 Å². The van der Waals surface area contributed by atoms with Crippen molar-refractivity contribution in [2.24, 2.45) is 7.05 Å². The van der Waals surface area contributed by atoms with Gasteiger partial charge in [-0.25, -0.2) is 14.4 Å². The monoisotopic (exact) mass is 468 g/mol. The Morgan fingerprint density at radius 3 is 2.69 bits per heavy atom. The molecule has 1 atom stereocenters. The number of aromatic nitrogens is 6. The molecule has 0 saturated carbocycles. The molecule has 0 radical (unpaired) electrons. The van der Waals surface area contributed by atoms with Crippen LogP contribution in [0.25, 0.3) is 33.5 Å². The van der Waals surface area contributed by atoms with Crippen LogP contribution in [0.4, 0.5) is 10.2 Å². The van der Waals surface area contributed by atoms with Gasteiger partial charge in [-0.3, -0.25) is 19.4 Å². The number of amides is 1. The van der Waals surface area contributed by atoms with Crippen molar-refractivity contribution >= 4 is 22.6 Å². The summed E-state index contributed by atoms with van der Waals surface area (Å²) in [5.74, 6) is -1.01. The van der Waals surface area contributed by atoms with Gasteiger partial charge in [0.2, 0.25) is 0 Å². The summed E-state index contributed by atoms with van der Waals surface area (Å²) in [6.07, 6.45) is 4.61. The van der Waals surface area contributed by atoms with Crippen LogP contribution in [0.1, 0.15) is 29.1 Å². The zero-order chi connectivity index (χ0) is 24.5. The van der Waals surface area contributed by atoms with Crippen LogP contribution in [0.5, 0.6) is 0 Å². The number of nitrogens with zero attached hydrogens (tertiary/aromatic N) is 6. The lowest BCUT2D eigenvalue weighted by molar-refractivity contribution is 0.0935. The van der Waals surface area contributed by atoms with Gasteiger partial charge in [0.25, 0.3) is 5.91 Å². The van der Waals surface area contributed by atoms with E-state index in [1.807, 2.05) is 30.3 Å². The fourth-order valence-electron chi connectivity index (χ4n) is 3.74. The average molecular weight is 468 g/mol. The highest BCUT2D eigenvalue weighted by Crippen LogP contribution is 2.31. The van der Waals surface area contributed by atoms with Crippen molar-refractivity contribution in [2.45, 2.75) is 13.0 Å². The van der Waals surface area contributed by atoms with Crippen LogP contribution in [0.3, 0.4) is 0 Å². The van der Waals surface area contributed by atoms with Crippen molar-refractivity contribution in [3.05, 3.63) is 84.3 Å². The van der Waals surface area contributed by atoms with E-state index in [0.717, 1.165) is 22.7 Å². The molecule has 4 heterocycles. The number of aryl methyl sites for hydroxylation is 1. The van der Waals surface area contributed by atoms with Crippen LogP contribution in [-0.2, 0) is 7.05 Å². The lowest BCUT2D eigenvalue weighted by Gasteiger charge is -2.15. The fraction of sp³-hybridized carbons (Fsp3) is 0.120. The zero-order valence-corrected chi connectivity index (χ0v) is 19.0. The maximum atomic E-state index is 13.2. The molecule has 3 N–H and O–H groups in total. The first-order chi connectivity index (χ1) is 16.9. The highest BCUT2D eigenvalue weighted by atomic mass is 19.1. The summed E-state index contributed by atoms with van der Waals surface area (Å²) in [4.78, 5) is 30.7. The quantitative estimate of drug-likeness (QED) is 0.403. The first-order valence-corrected chi connectivity index (χ1v) is 10.8. The van der Waals surface area contributed by atoms with Crippen molar-refractivity contribution in [3.63, 3.8) is 0 Å². The van der Waals surface area contributed by atoms with E-state index in [9.17, 15) is 9.18 Å². The van der Waals surface area contributed by atoms with Gasteiger partial charge in [-0.2, -0.15) is 5.10 Å². The first kappa shape index (κ1) is 22.1. The van der Waals surface area contributed by atoms with Gasteiger partial charge >= 0.3 is 0 Å². The van der Waals surface area contributed by atoms with Gasteiger partial charge < -0.3 is 11.1 Å². The number of hydrogen-bond donors (Lipinski definition) is 2. The molecule has 0 aliphatic carbocycles. The molecule has 0 aliphatic heterocycles. The number of carbonyl (C=O) groups excluding carboxylic acids is 1. The Hall–Kier alpha value is -4.73. The summed E-state index contributed by atoms with van der Waals surface area (Å²) in [5, 5.41) is 8.17. The van der Waals surface area contributed by atoms with Gasteiger partial charge in [-0.05, 0) is 43.3 Å². The van der Waals surface area contributed by atoms with E-state index in [1.54, 1.807) is 37.1 Å². The van der Waals surface area contributed by atoms with E-state index < -0.39 is 17.8 Å². The number of fused-ring (bicyclic) bond motifs is 1. The number of rotatable bonds is 5. The molecule has 9 nitrogen and oxygen atoms in total. The summed E-state index contributed by atoms with van der Waals surface area (Å²) in [6.45, 7) is 1.74. The van der Waals surface area contributed by atoms with Gasteiger partial charge in [-0.15, -0.1) is 0 Å². The molecule has 1 aromatic carbocycles. The normalized spacial score (nSPS) is 12.0. The molecule has 5 rings (SSSR count). The maximum absolute atomic E-state index is 13.2. The Balaban J connectivity index is 1.58. The van der Waals surface area contributed by atoms with Crippen molar-refractivity contribution in [2.75, 3.05) is 5.73 Å². The smallest absolute Gasteiger partial charge is 0.274 e. The standard InChI is InChI=1S/C25H21FN8O/c1-14(18-8-6-17(26)13-29-18)30-25(35)23-24(27)32-22(20-9-11-34(2)33-20)21(31-23)16-5-7-19-15(12-16)4-3-10-28-19/h3-14H,1-2H3,(H2,27,32)(H,30,35). The largest absolute Gasteiger partial charge is 0.382 e. The van der Waals surface area contributed by atoms with Crippen molar-refractivity contribution < 1.29 is 9.18 Å². The Labute approximate surface area is 199 Å². The second-order valence-corrected chi connectivity index (χ2v) is 8.04. The van der Waals surface area contributed by atoms with Crippen LogP contribution in [0.2, 0.25) is 0 Å². The molecule has 4 aromatic heterocycles. The Bertz CT molecular complexity index is 1550. The topological polar surface area (TPSA) is 124 Å². The number of nitrogen functional groups attached to an aromatic ring is 1. The zero-order valence-electron chi connectivity index (χ0n) is 19.0. The Morgan fingerprint density at radius 2 is 1.94 bits per heavy atom. The molecule has 10 heteroatoms. The number of pyridine rings is 2. The number of nitrogens with two attached hydrogens (primary N) is 1. The number of benzene rings is 1. The number of carbonyl (C=O) groups is 1. The van der Waals surface area contributed by atoms with Crippen LogP contribution in [-0.4, -0.2) is 35.6 Å². The molecule has 35 heavy (non-hydrogen) atoms. The number of hydrogen-bond acceptors (Lipinski definition) is 7. The van der Waals surface area contributed by atoms with E-state index in [4.69, 9.17) is 5.73 Å². The third kappa shape index (κ3) is 4.41. The van der Waals surface area contributed by atoms with Crippen LogP contribution in [0.15, 0.2) is 67.1 Å². The van der Waals surface area contributed by atoms with E-state index in [-0.39, 0.29) is 11.5 Å². The molecule has 5 aromatic rings. The summed E-state index contributed by atoms with van der Waals surface area (Å²) < 4.78 is 14.9. The van der Waals surface area contributed by atoms with Crippen molar-refractivity contribution in [3.8, 4) is 22.6 Å². The number of nitrogens with one attached hydrogen (secondary N) is 1. The minimum Gasteiger partial charge on any atom is -0.382 e. The van der Waals surface area contributed by atoms with E-state index in [0.29, 0.717) is 22.8 Å². The van der Waals surface area contributed by atoms with Gasteiger partial charge in [0.15, 0.2) is 11.5 Å². The Kier molecular flexibility index (Phi) is 5.61. The maximum Gasteiger partial charge on any atom is 0.274 e. The van der Waals surface area contributed by atoms with Crippen LogP contribution < -0.4 is 11.1 Å². The predicted molar refractivity (Wildman–Crippen MR) is 129 cm³/mol. The molecule has 0 fully saturated rings. The Morgan fingerprint density at radius 1 is 1.09 bits per heavy atom. The molecular formula is C25H21FN8O. The molecule has 0 spiro atoms. The average Bonchev–Trinajstić information content (AvgIpc) is 3.30. The fourth-order valence-corrected chi connectivity index (χ4v) is 3.74. The SMILES string of the molecule is CC(NC(=O)c1nc(-c2ccc3ncccc3c2)c(-c2ccn(C)n2)nc1N)c1ccc(F)cn1. The predicted octanol–water partition coefficient (Wildman–Crippen LogP) is 3.70. The number of halogens is 1. The molecule has 1 unspecified atom stereocenters. The molecular weight excluding hydrogens is 447 g/mol. The van der Waals surface area contributed by atoms with Gasteiger partial charge in [-0.1, -0.05) is 12.1 Å². The van der Waals surface area contributed by atoms with Crippen molar-refractivity contribution in [1.82, 2.24) is 35.0 Å². The molecule has 174 valence electrons. The third-order valence-electron chi connectivity index (χ3n) is 5.51. The molecule has 0 saturated heterocycles. The number of anilines is 1. The summed E-state index contributed by atoms with van der Waals surface area (Å²) >= 11 is 0. The molecule has 1 amide bonds. The minimum absolute atomic E-state index is 0.0278. The molecule has 0 bridgehead atoms. The van der Waals surface area contributed by atoms with E-state index in [1.165, 1.54) is 12.1 Å². The second-order valence-electron chi connectivity index (χ2n) is 8.04. The summed E-state index contributed by atoms with van der Waals surface area (Å²) in [7, 11) is 1.80. The van der Waals surface area contributed by atoms with Crippen molar-refractivity contribution in [1.29, 1.82) is 0 Å². The lowest BCUT2D eigenvalue weighted by Crippen LogP contribution is -2.29. The van der Waals surface area contributed by atoms with Gasteiger partial charge in [0, 0.05) is 30.4 Å². The van der Waals surface area contributed by atoms with Crippen LogP contribution in [0, 0.1) is 5.82 Å². The lowest BCUT2D eigenvalue weighted by atomic mass is 10.0. The summed E-state index contributed by atoms with van der Waals surface area (Å²) in [6, 6.07) is 13.6. The third-order valence-corrected chi connectivity index (χ3v) is 5.51. The van der Waals surface area contributed by atoms with E-state index in [2.05, 4.69) is 30.4 Å². The minimum atomic E-state index is -0.523. The highest BCUT2D eigenvalue weighted by molar-refractivity contribution is 5.98. The van der Waals surface area contributed by atoms with Gasteiger partial charge in [0.1, 0.15) is 17.2 Å².